The van der Waals surface area contributed by atoms with Crippen LogP contribution in [0.15, 0.2) is 33.2 Å². The van der Waals surface area contributed by atoms with Gasteiger partial charge in [0.2, 0.25) is 5.88 Å². The molecule has 94 valence electrons. The van der Waals surface area contributed by atoms with Crippen LogP contribution < -0.4 is 4.74 Å². The summed E-state index contributed by atoms with van der Waals surface area (Å²) in [5.74, 6) is 0.174. The molecule has 0 aliphatic heterocycles. The summed E-state index contributed by atoms with van der Waals surface area (Å²) < 4.78 is 20.3. The van der Waals surface area contributed by atoms with Gasteiger partial charge in [-0.25, -0.2) is 9.37 Å². The van der Waals surface area contributed by atoms with E-state index >= 15 is 0 Å². The molecule has 0 bridgehead atoms. The first-order valence-corrected chi connectivity index (χ1v) is 6.89. The lowest BCUT2D eigenvalue weighted by molar-refractivity contribution is 0.454. The van der Waals surface area contributed by atoms with Gasteiger partial charge in [-0.1, -0.05) is 11.6 Å². The zero-order valence-electron chi connectivity index (χ0n) is 9.18. The maximum absolute atomic E-state index is 13.3. The van der Waals surface area contributed by atoms with Crippen molar-refractivity contribution in [3.05, 3.63) is 49.7 Å². The van der Waals surface area contributed by atoms with Crippen molar-refractivity contribution >= 4 is 43.5 Å². The Bertz CT molecular complexity index is 607. The molecule has 0 aliphatic rings. The van der Waals surface area contributed by atoms with E-state index in [-0.39, 0.29) is 5.02 Å². The Kier molecular flexibility index (Phi) is 4.25. The lowest BCUT2D eigenvalue weighted by atomic mass is 10.3. The number of hydrogen-bond donors (Lipinski definition) is 0. The van der Waals surface area contributed by atoms with E-state index in [0.29, 0.717) is 16.1 Å². The summed E-state index contributed by atoms with van der Waals surface area (Å²) in [6.45, 7) is 1.84. The minimum atomic E-state index is -0.538. The van der Waals surface area contributed by atoms with Crippen molar-refractivity contribution in [1.82, 2.24) is 4.98 Å². The first-order chi connectivity index (χ1) is 8.47. The molecule has 1 aromatic heterocycles. The van der Waals surface area contributed by atoms with Crippen LogP contribution in [0, 0.1) is 12.7 Å². The SMILES string of the molecule is Cc1nc(Oc2cc(F)c(Cl)cc2Br)ccc1Br. The van der Waals surface area contributed by atoms with Gasteiger partial charge in [-0.2, -0.15) is 0 Å². The van der Waals surface area contributed by atoms with E-state index in [9.17, 15) is 4.39 Å². The average Bonchev–Trinajstić information content (AvgIpc) is 2.31. The molecular formula is C12H7Br2ClFNO. The van der Waals surface area contributed by atoms with E-state index in [1.54, 1.807) is 6.07 Å². The topological polar surface area (TPSA) is 22.1 Å². The Morgan fingerprint density at radius 2 is 1.94 bits per heavy atom. The molecule has 0 spiro atoms. The third-order valence-corrected chi connectivity index (χ3v) is 3.93. The molecule has 0 fully saturated rings. The molecule has 0 unspecified atom stereocenters. The standard InChI is InChI=1S/C12H7Br2ClFNO/c1-6-7(13)2-3-12(17-6)18-11-5-10(16)9(15)4-8(11)14/h2-5H,1H3. The van der Waals surface area contributed by atoms with Crippen molar-refractivity contribution < 1.29 is 9.13 Å². The highest BCUT2D eigenvalue weighted by Crippen LogP contribution is 2.33. The minimum Gasteiger partial charge on any atom is -0.438 e. The summed E-state index contributed by atoms with van der Waals surface area (Å²) in [7, 11) is 0. The van der Waals surface area contributed by atoms with Gasteiger partial charge in [0.05, 0.1) is 15.2 Å². The Balaban J connectivity index is 2.34. The van der Waals surface area contributed by atoms with Gasteiger partial charge in [-0.15, -0.1) is 0 Å². The largest absolute Gasteiger partial charge is 0.438 e. The van der Waals surface area contributed by atoms with Crippen LogP contribution in [0.3, 0.4) is 0 Å². The molecule has 0 saturated heterocycles. The fraction of sp³-hybridized carbons (Fsp3) is 0.0833. The molecule has 0 amide bonds. The van der Waals surface area contributed by atoms with Crippen molar-refractivity contribution in [3.63, 3.8) is 0 Å². The molecule has 1 aromatic carbocycles. The predicted molar refractivity (Wildman–Crippen MR) is 75.9 cm³/mol. The summed E-state index contributed by atoms with van der Waals surface area (Å²) >= 11 is 12.3. The lowest BCUT2D eigenvalue weighted by Crippen LogP contribution is -1.92. The van der Waals surface area contributed by atoms with Gasteiger partial charge in [-0.05, 0) is 50.9 Å². The highest BCUT2D eigenvalue weighted by Gasteiger charge is 2.10. The first kappa shape index (κ1) is 13.8. The van der Waals surface area contributed by atoms with Crippen LogP contribution in [0.5, 0.6) is 11.6 Å². The van der Waals surface area contributed by atoms with Gasteiger partial charge >= 0.3 is 0 Å². The summed E-state index contributed by atoms with van der Waals surface area (Å²) in [5, 5.41) is 0.0363. The molecule has 2 rings (SSSR count). The number of nitrogens with zero attached hydrogens (tertiary/aromatic N) is 1. The second-order valence-electron chi connectivity index (χ2n) is 3.52. The van der Waals surface area contributed by atoms with Gasteiger partial charge in [-0.3, -0.25) is 0 Å². The van der Waals surface area contributed by atoms with Gasteiger partial charge in [0.25, 0.3) is 0 Å². The number of ether oxygens (including phenoxy) is 1. The summed E-state index contributed by atoms with van der Waals surface area (Å²) in [5.41, 5.74) is 0.790. The quantitative estimate of drug-likeness (QED) is 0.627. The molecule has 0 radical (unpaired) electrons. The summed E-state index contributed by atoms with van der Waals surface area (Å²) in [6.07, 6.45) is 0. The van der Waals surface area contributed by atoms with Crippen LogP contribution in [0.2, 0.25) is 5.02 Å². The van der Waals surface area contributed by atoms with Crippen molar-refractivity contribution in [3.8, 4) is 11.6 Å². The molecule has 0 aliphatic carbocycles. The van der Waals surface area contributed by atoms with Crippen molar-refractivity contribution in [2.45, 2.75) is 6.92 Å². The van der Waals surface area contributed by atoms with E-state index in [1.165, 1.54) is 12.1 Å². The van der Waals surface area contributed by atoms with Gasteiger partial charge in [0.15, 0.2) is 0 Å². The van der Waals surface area contributed by atoms with Crippen LogP contribution in [-0.4, -0.2) is 4.98 Å². The molecule has 0 atom stereocenters. The Morgan fingerprint density at radius 3 is 2.61 bits per heavy atom. The molecular weight excluding hydrogens is 388 g/mol. The normalized spacial score (nSPS) is 10.5. The maximum atomic E-state index is 13.3. The number of benzene rings is 1. The highest BCUT2D eigenvalue weighted by molar-refractivity contribution is 9.10. The Labute approximate surface area is 125 Å². The smallest absolute Gasteiger partial charge is 0.219 e. The zero-order valence-corrected chi connectivity index (χ0v) is 13.1. The fourth-order valence-electron chi connectivity index (χ4n) is 1.27. The van der Waals surface area contributed by atoms with E-state index in [2.05, 4.69) is 36.8 Å². The van der Waals surface area contributed by atoms with Crippen LogP contribution in [0.1, 0.15) is 5.69 Å². The van der Waals surface area contributed by atoms with Gasteiger partial charge in [0, 0.05) is 16.6 Å². The molecule has 0 saturated carbocycles. The number of aromatic nitrogens is 1. The third-order valence-electron chi connectivity index (χ3n) is 2.19. The van der Waals surface area contributed by atoms with Gasteiger partial charge < -0.3 is 4.74 Å². The van der Waals surface area contributed by atoms with Gasteiger partial charge in [0.1, 0.15) is 11.6 Å². The number of halogens is 4. The lowest BCUT2D eigenvalue weighted by Gasteiger charge is -2.08. The van der Waals surface area contributed by atoms with E-state index in [4.69, 9.17) is 16.3 Å². The van der Waals surface area contributed by atoms with E-state index < -0.39 is 5.82 Å². The average molecular weight is 395 g/mol. The molecule has 2 aromatic rings. The van der Waals surface area contributed by atoms with E-state index in [1.807, 2.05) is 13.0 Å². The molecule has 2 nitrogen and oxygen atoms in total. The van der Waals surface area contributed by atoms with Crippen molar-refractivity contribution in [1.29, 1.82) is 0 Å². The molecule has 1 heterocycles. The van der Waals surface area contributed by atoms with Crippen LogP contribution in [0.25, 0.3) is 0 Å². The number of pyridine rings is 1. The maximum Gasteiger partial charge on any atom is 0.219 e. The number of aryl methyl sites for hydroxylation is 1. The first-order valence-electron chi connectivity index (χ1n) is 4.93. The van der Waals surface area contributed by atoms with Crippen LogP contribution in [-0.2, 0) is 0 Å². The van der Waals surface area contributed by atoms with Crippen molar-refractivity contribution in [2.75, 3.05) is 0 Å². The molecule has 18 heavy (non-hydrogen) atoms. The molecule has 6 heteroatoms. The Hall–Kier alpha value is -0.650. The fourth-order valence-corrected chi connectivity index (χ4v) is 2.21. The number of hydrogen-bond acceptors (Lipinski definition) is 2. The summed E-state index contributed by atoms with van der Waals surface area (Å²) in [4.78, 5) is 4.22. The summed E-state index contributed by atoms with van der Waals surface area (Å²) in [6, 6.07) is 6.16. The molecule has 0 N–H and O–H groups in total. The third kappa shape index (κ3) is 3.02. The second kappa shape index (κ2) is 5.55. The predicted octanol–water partition coefficient (Wildman–Crippen LogP) is 5.50. The second-order valence-corrected chi connectivity index (χ2v) is 5.63. The minimum absolute atomic E-state index is 0.0363. The zero-order chi connectivity index (χ0) is 13.3. The Morgan fingerprint density at radius 1 is 1.22 bits per heavy atom. The van der Waals surface area contributed by atoms with Crippen molar-refractivity contribution in [2.24, 2.45) is 0 Å². The number of rotatable bonds is 2. The van der Waals surface area contributed by atoms with E-state index in [0.717, 1.165) is 10.2 Å². The van der Waals surface area contributed by atoms with Crippen LogP contribution >= 0.6 is 43.5 Å². The monoisotopic (exact) mass is 393 g/mol. The van der Waals surface area contributed by atoms with Crippen LogP contribution in [0.4, 0.5) is 4.39 Å². The highest BCUT2D eigenvalue weighted by atomic mass is 79.9.